The van der Waals surface area contributed by atoms with Crippen LogP contribution in [0.15, 0.2) is 122 Å². The van der Waals surface area contributed by atoms with E-state index in [1.165, 1.54) is 11.1 Å². The van der Waals surface area contributed by atoms with Gasteiger partial charge < -0.3 is 21.3 Å². The second-order valence-electron chi connectivity index (χ2n) is 13.3. The van der Waals surface area contributed by atoms with Crippen LogP contribution in [0.25, 0.3) is 10.9 Å². The van der Waals surface area contributed by atoms with Gasteiger partial charge in [0.25, 0.3) is 0 Å². The Morgan fingerprint density at radius 2 is 1.12 bits per heavy atom. The molecule has 0 bridgehead atoms. The number of nitrogens with one attached hydrogen (secondary N) is 4. The molecule has 0 atom stereocenters. The summed E-state index contributed by atoms with van der Waals surface area (Å²) < 4.78 is 0. The van der Waals surface area contributed by atoms with Gasteiger partial charge in [0, 0.05) is 52.6 Å². The number of hydrogen-bond acceptors (Lipinski definition) is 10. The first kappa shape index (κ1) is 34.0. The molecular formula is C42H42N10. The van der Waals surface area contributed by atoms with Crippen LogP contribution in [-0.4, -0.2) is 29.9 Å². The van der Waals surface area contributed by atoms with Crippen LogP contribution in [0.5, 0.6) is 0 Å². The lowest BCUT2D eigenvalue weighted by atomic mass is 10.0. The SMILES string of the molecule is CCCc1ccc(Nc2ncc(Nc3ccnc(Cc4ccc5nccc(Nc6cnc(Nc7ccc(CC(C)C)cc7)nc6)c5c4)c3)cn2)cc1. The van der Waals surface area contributed by atoms with Crippen LogP contribution in [0.4, 0.5) is 46.0 Å². The van der Waals surface area contributed by atoms with Gasteiger partial charge >= 0.3 is 0 Å². The molecule has 4 heterocycles. The fourth-order valence-electron chi connectivity index (χ4n) is 6.01. The Balaban J connectivity index is 0.981. The van der Waals surface area contributed by atoms with Crippen LogP contribution in [0, 0.1) is 5.92 Å². The number of benzene rings is 3. The smallest absolute Gasteiger partial charge is 0.227 e. The van der Waals surface area contributed by atoms with Crippen LogP contribution >= 0.6 is 0 Å². The minimum Gasteiger partial charge on any atom is -0.353 e. The molecule has 0 saturated carbocycles. The van der Waals surface area contributed by atoms with Crippen LogP contribution in [0.1, 0.15) is 49.6 Å². The molecule has 4 N–H and O–H groups in total. The molecule has 0 radical (unpaired) electrons. The summed E-state index contributed by atoms with van der Waals surface area (Å²) in [5.41, 5.74) is 10.9. The van der Waals surface area contributed by atoms with E-state index in [0.717, 1.165) is 75.5 Å². The van der Waals surface area contributed by atoms with Crippen molar-refractivity contribution in [1.29, 1.82) is 0 Å². The van der Waals surface area contributed by atoms with E-state index < -0.39 is 0 Å². The number of nitrogens with zero attached hydrogens (tertiary/aromatic N) is 6. The minimum absolute atomic E-state index is 0.540. The lowest BCUT2D eigenvalue weighted by molar-refractivity contribution is 0.647. The summed E-state index contributed by atoms with van der Waals surface area (Å²) >= 11 is 0. The average Bonchev–Trinajstić information content (AvgIpc) is 3.15. The largest absolute Gasteiger partial charge is 0.353 e. The molecule has 0 unspecified atom stereocenters. The third-order valence-electron chi connectivity index (χ3n) is 8.48. The normalized spacial score (nSPS) is 11.1. The lowest BCUT2D eigenvalue weighted by Crippen LogP contribution is -2.00. The molecule has 0 fully saturated rings. The van der Waals surface area contributed by atoms with Gasteiger partial charge in [0.05, 0.1) is 41.7 Å². The zero-order valence-corrected chi connectivity index (χ0v) is 29.6. The number of hydrogen-bond donors (Lipinski definition) is 4. The number of fused-ring (bicyclic) bond motifs is 1. The molecule has 7 aromatic rings. The standard InChI is InChI=1S/C42H42N10/c1-4-5-29-6-11-32(12-7-29)51-41-45-24-36(25-46-41)49-34-16-18-43-35(23-34)21-31-10-15-39-38(22-31)40(17-19-44-39)50-37-26-47-42(48-27-37)52-33-13-8-30(9-14-33)20-28(2)3/h6-19,22-28H,4-5,20-21H2,1-3H3,(H,43,49)(H,44,50)(H,45,46,51)(H,47,48,52). The molecule has 52 heavy (non-hydrogen) atoms. The summed E-state index contributed by atoms with van der Waals surface area (Å²) in [6.45, 7) is 6.64. The molecule has 3 aromatic carbocycles. The maximum atomic E-state index is 4.64. The summed E-state index contributed by atoms with van der Waals surface area (Å²) in [7, 11) is 0. The molecule has 0 spiro atoms. The van der Waals surface area contributed by atoms with Crippen molar-refractivity contribution in [3.63, 3.8) is 0 Å². The Kier molecular flexibility index (Phi) is 10.5. The zero-order valence-electron chi connectivity index (χ0n) is 29.6. The van der Waals surface area contributed by atoms with E-state index >= 15 is 0 Å². The molecule has 0 aliphatic carbocycles. The monoisotopic (exact) mass is 686 g/mol. The van der Waals surface area contributed by atoms with Gasteiger partial charge in [-0.2, -0.15) is 0 Å². The minimum atomic E-state index is 0.540. The van der Waals surface area contributed by atoms with Crippen molar-refractivity contribution >= 4 is 56.9 Å². The van der Waals surface area contributed by atoms with E-state index in [1.54, 1.807) is 31.0 Å². The third-order valence-corrected chi connectivity index (χ3v) is 8.48. The van der Waals surface area contributed by atoms with Gasteiger partial charge in [-0.25, -0.2) is 19.9 Å². The van der Waals surface area contributed by atoms with E-state index in [4.69, 9.17) is 0 Å². The number of aryl methyl sites for hydroxylation is 1. The van der Waals surface area contributed by atoms with Crippen LogP contribution in [0.3, 0.4) is 0 Å². The van der Waals surface area contributed by atoms with E-state index in [1.807, 2.05) is 30.5 Å². The summed E-state index contributed by atoms with van der Waals surface area (Å²) in [5, 5.41) is 14.4. The third kappa shape index (κ3) is 9.02. The fourth-order valence-corrected chi connectivity index (χ4v) is 6.01. The molecule has 0 saturated heterocycles. The lowest BCUT2D eigenvalue weighted by Gasteiger charge is -2.12. The summed E-state index contributed by atoms with van der Waals surface area (Å²) in [6, 6.07) is 29.0. The van der Waals surface area contributed by atoms with E-state index in [-0.39, 0.29) is 0 Å². The van der Waals surface area contributed by atoms with Crippen molar-refractivity contribution in [2.24, 2.45) is 5.92 Å². The van der Waals surface area contributed by atoms with Gasteiger partial charge in [-0.15, -0.1) is 0 Å². The molecule has 4 aromatic heterocycles. The highest BCUT2D eigenvalue weighted by molar-refractivity contribution is 5.93. The Labute approximate surface area is 304 Å². The van der Waals surface area contributed by atoms with Crippen molar-refractivity contribution < 1.29 is 0 Å². The van der Waals surface area contributed by atoms with Crippen LogP contribution in [0.2, 0.25) is 0 Å². The fraction of sp³-hybridized carbons (Fsp3) is 0.190. The highest BCUT2D eigenvalue weighted by atomic mass is 15.1. The predicted octanol–water partition coefficient (Wildman–Crippen LogP) is 9.93. The molecular weight excluding hydrogens is 645 g/mol. The molecule has 260 valence electrons. The number of pyridine rings is 2. The Bertz CT molecular complexity index is 2220. The van der Waals surface area contributed by atoms with Gasteiger partial charge in [0.1, 0.15) is 0 Å². The Hall–Kier alpha value is -6.42. The summed E-state index contributed by atoms with van der Waals surface area (Å²) in [5.74, 6) is 1.71. The van der Waals surface area contributed by atoms with Crippen molar-refractivity contribution in [3.05, 3.63) is 144 Å². The highest BCUT2D eigenvalue weighted by Gasteiger charge is 2.09. The number of rotatable bonds is 14. The van der Waals surface area contributed by atoms with E-state index in [2.05, 4.69) is 133 Å². The first-order valence-corrected chi connectivity index (χ1v) is 17.7. The Morgan fingerprint density at radius 3 is 1.75 bits per heavy atom. The average molecular weight is 687 g/mol. The topological polar surface area (TPSA) is 125 Å². The van der Waals surface area contributed by atoms with E-state index in [9.17, 15) is 0 Å². The maximum Gasteiger partial charge on any atom is 0.227 e. The first-order chi connectivity index (χ1) is 25.5. The molecule has 0 aliphatic rings. The van der Waals surface area contributed by atoms with E-state index in [0.29, 0.717) is 24.2 Å². The predicted molar refractivity (Wildman–Crippen MR) is 211 cm³/mol. The van der Waals surface area contributed by atoms with Crippen molar-refractivity contribution in [3.8, 4) is 0 Å². The molecule has 0 amide bonds. The number of aromatic nitrogens is 6. The van der Waals surface area contributed by atoms with Gasteiger partial charge in [-0.3, -0.25) is 9.97 Å². The second kappa shape index (κ2) is 16.1. The molecule has 10 heteroatoms. The van der Waals surface area contributed by atoms with Crippen LogP contribution < -0.4 is 21.3 Å². The molecule has 0 aliphatic heterocycles. The van der Waals surface area contributed by atoms with Gasteiger partial charge in [-0.05, 0) is 90.0 Å². The summed E-state index contributed by atoms with van der Waals surface area (Å²) in [6.07, 6.45) is 14.6. The van der Waals surface area contributed by atoms with Crippen molar-refractivity contribution in [2.45, 2.75) is 46.5 Å². The van der Waals surface area contributed by atoms with Gasteiger partial charge in [0.2, 0.25) is 11.9 Å². The Morgan fingerprint density at radius 1 is 0.519 bits per heavy atom. The van der Waals surface area contributed by atoms with Crippen LogP contribution in [-0.2, 0) is 19.3 Å². The quantitative estimate of drug-likeness (QED) is 0.0878. The highest BCUT2D eigenvalue weighted by Crippen LogP contribution is 2.28. The maximum absolute atomic E-state index is 4.64. The molecule has 7 rings (SSSR count). The van der Waals surface area contributed by atoms with Crippen molar-refractivity contribution in [1.82, 2.24) is 29.9 Å². The van der Waals surface area contributed by atoms with Gasteiger partial charge in [0.15, 0.2) is 0 Å². The second-order valence-corrected chi connectivity index (χ2v) is 13.3. The molecule has 10 nitrogen and oxygen atoms in total. The number of anilines is 8. The van der Waals surface area contributed by atoms with Crippen molar-refractivity contribution in [2.75, 3.05) is 21.3 Å². The summed E-state index contributed by atoms with van der Waals surface area (Å²) in [4.78, 5) is 27.3. The first-order valence-electron chi connectivity index (χ1n) is 17.7. The van der Waals surface area contributed by atoms with Gasteiger partial charge in [-0.1, -0.05) is 57.5 Å². The zero-order chi connectivity index (χ0) is 35.7.